The molecule has 0 saturated carbocycles. The van der Waals surface area contributed by atoms with Gasteiger partial charge >= 0.3 is 0 Å². The Kier molecular flexibility index (Phi) is 4.16. The van der Waals surface area contributed by atoms with Crippen LogP contribution in [-0.4, -0.2) is 24.2 Å². The number of nitrogens with one attached hydrogen (secondary N) is 1. The highest BCUT2D eigenvalue weighted by molar-refractivity contribution is 5.84. The third-order valence-corrected chi connectivity index (χ3v) is 3.96. The number of fused-ring (bicyclic) bond motifs is 1. The molecule has 0 radical (unpaired) electrons. The average Bonchev–Trinajstić information content (AvgIpc) is 2.49. The van der Waals surface area contributed by atoms with Gasteiger partial charge in [-0.05, 0) is 44.9 Å². The lowest BCUT2D eigenvalue weighted by Crippen LogP contribution is -2.35. The van der Waals surface area contributed by atoms with E-state index in [0.29, 0.717) is 6.04 Å². The second-order valence-corrected chi connectivity index (χ2v) is 5.56. The molecule has 0 amide bonds. The van der Waals surface area contributed by atoms with Crippen molar-refractivity contribution in [3.8, 4) is 5.75 Å². The summed E-state index contributed by atoms with van der Waals surface area (Å²) < 4.78 is 5.97. The van der Waals surface area contributed by atoms with Crippen LogP contribution in [0.5, 0.6) is 5.75 Å². The maximum atomic E-state index is 5.97. The molecule has 2 heterocycles. The first-order valence-corrected chi connectivity index (χ1v) is 7.55. The number of para-hydroxylation sites is 1. The maximum Gasteiger partial charge on any atom is 0.145 e. The molecule has 0 bridgehead atoms. The van der Waals surface area contributed by atoms with Crippen molar-refractivity contribution in [3.05, 3.63) is 36.0 Å². The highest BCUT2D eigenvalue weighted by atomic mass is 16.5. The normalized spacial score (nSPS) is 19.1. The van der Waals surface area contributed by atoms with Crippen molar-refractivity contribution >= 4 is 10.9 Å². The van der Waals surface area contributed by atoms with Crippen molar-refractivity contribution in [1.82, 2.24) is 10.3 Å². The molecule has 0 spiro atoms. The standard InChI is InChI=1S/C17H22N2O/c1-13-8-9-14-5-4-7-16(17(14)19-13)20-12-10-15-6-2-3-11-18-15/h4-5,7-9,15,18H,2-3,6,10-12H2,1H3. The number of pyridine rings is 1. The van der Waals surface area contributed by atoms with E-state index in [9.17, 15) is 0 Å². The number of hydrogen-bond donors (Lipinski definition) is 1. The Morgan fingerprint density at radius 3 is 3.05 bits per heavy atom. The molecular weight excluding hydrogens is 248 g/mol. The molecule has 1 aromatic carbocycles. The molecule has 3 nitrogen and oxygen atoms in total. The van der Waals surface area contributed by atoms with Crippen molar-refractivity contribution in [2.75, 3.05) is 13.2 Å². The maximum absolute atomic E-state index is 5.97. The van der Waals surface area contributed by atoms with E-state index in [-0.39, 0.29) is 0 Å². The van der Waals surface area contributed by atoms with Gasteiger partial charge in [0, 0.05) is 17.1 Å². The van der Waals surface area contributed by atoms with Crippen molar-refractivity contribution in [3.63, 3.8) is 0 Å². The van der Waals surface area contributed by atoms with E-state index in [1.807, 2.05) is 25.1 Å². The first kappa shape index (κ1) is 13.4. The molecule has 0 aliphatic carbocycles. The second-order valence-electron chi connectivity index (χ2n) is 5.56. The number of hydrogen-bond acceptors (Lipinski definition) is 3. The zero-order chi connectivity index (χ0) is 13.8. The van der Waals surface area contributed by atoms with Crippen LogP contribution in [0.3, 0.4) is 0 Å². The Morgan fingerprint density at radius 2 is 2.20 bits per heavy atom. The minimum absolute atomic E-state index is 0.619. The van der Waals surface area contributed by atoms with Gasteiger partial charge < -0.3 is 10.1 Å². The summed E-state index contributed by atoms with van der Waals surface area (Å²) in [4.78, 5) is 4.60. The van der Waals surface area contributed by atoms with E-state index in [0.717, 1.165) is 41.9 Å². The lowest BCUT2D eigenvalue weighted by Gasteiger charge is -2.23. The number of rotatable bonds is 4. The molecule has 1 saturated heterocycles. The monoisotopic (exact) mass is 270 g/mol. The Bertz CT molecular complexity index is 576. The Hall–Kier alpha value is -1.61. The van der Waals surface area contributed by atoms with E-state index in [4.69, 9.17) is 4.74 Å². The predicted molar refractivity (Wildman–Crippen MR) is 82.2 cm³/mol. The zero-order valence-electron chi connectivity index (χ0n) is 12.1. The fraction of sp³-hybridized carbons (Fsp3) is 0.471. The van der Waals surface area contributed by atoms with Crippen LogP contribution in [0.15, 0.2) is 30.3 Å². The fourth-order valence-corrected chi connectivity index (χ4v) is 2.82. The average molecular weight is 270 g/mol. The molecule has 3 rings (SSSR count). The van der Waals surface area contributed by atoms with Gasteiger partial charge in [0.1, 0.15) is 11.3 Å². The highest BCUT2D eigenvalue weighted by Gasteiger charge is 2.12. The predicted octanol–water partition coefficient (Wildman–Crippen LogP) is 3.45. The topological polar surface area (TPSA) is 34.1 Å². The molecule has 1 unspecified atom stereocenters. The smallest absolute Gasteiger partial charge is 0.145 e. The van der Waals surface area contributed by atoms with E-state index in [1.165, 1.54) is 19.3 Å². The summed E-state index contributed by atoms with van der Waals surface area (Å²) in [5.74, 6) is 0.905. The molecule has 3 heteroatoms. The molecule has 1 fully saturated rings. The number of aryl methyl sites for hydroxylation is 1. The van der Waals surface area contributed by atoms with Gasteiger partial charge in [-0.15, -0.1) is 0 Å². The number of nitrogens with zero attached hydrogens (tertiary/aromatic N) is 1. The number of piperidine rings is 1. The van der Waals surface area contributed by atoms with Gasteiger partial charge in [0.2, 0.25) is 0 Å². The van der Waals surface area contributed by atoms with Crippen LogP contribution in [0, 0.1) is 6.92 Å². The first-order valence-electron chi connectivity index (χ1n) is 7.55. The molecule has 1 aliphatic heterocycles. The van der Waals surface area contributed by atoms with Crippen molar-refractivity contribution < 1.29 is 4.74 Å². The van der Waals surface area contributed by atoms with Crippen LogP contribution in [0.25, 0.3) is 10.9 Å². The highest BCUT2D eigenvalue weighted by Crippen LogP contribution is 2.24. The zero-order valence-corrected chi connectivity index (χ0v) is 12.1. The molecule has 1 aliphatic rings. The van der Waals surface area contributed by atoms with Gasteiger partial charge in [0.15, 0.2) is 0 Å². The van der Waals surface area contributed by atoms with Gasteiger partial charge in [-0.3, -0.25) is 0 Å². The largest absolute Gasteiger partial charge is 0.491 e. The molecule has 1 atom stereocenters. The Labute approximate surface area is 120 Å². The summed E-state index contributed by atoms with van der Waals surface area (Å²) in [6.07, 6.45) is 5.00. The van der Waals surface area contributed by atoms with Crippen LogP contribution in [0.4, 0.5) is 0 Å². The number of aromatic nitrogens is 1. The van der Waals surface area contributed by atoms with Crippen molar-refractivity contribution in [2.24, 2.45) is 0 Å². The first-order chi connectivity index (χ1) is 9.83. The van der Waals surface area contributed by atoms with Crippen LogP contribution in [-0.2, 0) is 0 Å². The van der Waals surface area contributed by atoms with E-state index >= 15 is 0 Å². The van der Waals surface area contributed by atoms with E-state index in [1.54, 1.807) is 0 Å². The van der Waals surface area contributed by atoms with Gasteiger partial charge in [-0.1, -0.05) is 24.6 Å². The van der Waals surface area contributed by atoms with Gasteiger partial charge in [-0.25, -0.2) is 4.98 Å². The summed E-state index contributed by atoms with van der Waals surface area (Å²) in [6, 6.07) is 10.9. The van der Waals surface area contributed by atoms with Gasteiger partial charge in [0.25, 0.3) is 0 Å². The SMILES string of the molecule is Cc1ccc2cccc(OCCC3CCCCN3)c2n1. The summed E-state index contributed by atoms with van der Waals surface area (Å²) in [5.41, 5.74) is 2.01. The summed E-state index contributed by atoms with van der Waals surface area (Å²) in [6.45, 7) is 3.92. The van der Waals surface area contributed by atoms with Crippen LogP contribution in [0.2, 0.25) is 0 Å². The Balaban J connectivity index is 1.66. The van der Waals surface area contributed by atoms with Crippen LogP contribution in [0.1, 0.15) is 31.4 Å². The minimum Gasteiger partial charge on any atom is -0.491 e. The molecule has 20 heavy (non-hydrogen) atoms. The summed E-state index contributed by atoms with van der Waals surface area (Å²) in [7, 11) is 0. The molecule has 1 aromatic heterocycles. The molecule has 1 N–H and O–H groups in total. The van der Waals surface area contributed by atoms with Crippen LogP contribution < -0.4 is 10.1 Å². The molecule has 106 valence electrons. The third-order valence-electron chi connectivity index (χ3n) is 3.96. The van der Waals surface area contributed by atoms with Gasteiger partial charge in [0.05, 0.1) is 6.61 Å². The minimum atomic E-state index is 0.619. The fourth-order valence-electron chi connectivity index (χ4n) is 2.82. The van der Waals surface area contributed by atoms with Crippen molar-refractivity contribution in [1.29, 1.82) is 0 Å². The molecular formula is C17H22N2O. The summed E-state index contributed by atoms with van der Waals surface area (Å²) in [5, 5.41) is 4.70. The second kappa shape index (κ2) is 6.23. The Morgan fingerprint density at radius 1 is 1.25 bits per heavy atom. The van der Waals surface area contributed by atoms with Crippen molar-refractivity contribution in [2.45, 2.75) is 38.6 Å². The van der Waals surface area contributed by atoms with E-state index in [2.05, 4.69) is 22.4 Å². The summed E-state index contributed by atoms with van der Waals surface area (Å²) >= 11 is 0. The number of ether oxygens (including phenoxy) is 1. The lowest BCUT2D eigenvalue weighted by molar-refractivity contribution is 0.270. The van der Waals surface area contributed by atoms with E-state index < -0.39 is 0 Å². The van der Waals surface area contributed by atoms with Gasteiger partial charge in [-0.2, -0.15) is 0 Å². The quantitative estimate of drug-likeness (QED) is 0.924. The third kappa shape index (κ3) is 3.10. The lowest BCUT2D eigenvalue weighted by atomic mass is 10.0. The van der Waals surface area contributed by atoms with Crippen LogP contribution >= 0.6 is 0 Å². The molecule has 2 aromatic rings. The number of benzene rings is 1.